The summed E-state index contributed by atoms with van der Waals surface area (Å²) in [6.45, 7) is 5.77. The molecule has 0 aliphatic carbocycles. The Morgan fingerprint density at radius 2 is 1.75 bits per heavy atom. The minimum Gasteiger partial charge on any atom is -0.463 e. The topological polar surface area (TPSA) is 56.5 Å². The van der Waals surface area contributed by atoms with Crippen LogP contribution in [0.5, 0.6) is 0 Å². The van der Waals surface area contributed by atoms with Gasteiger partial charge in [0, 0.05) is 5.92 Å². The van der Waals surface area contributed by atoms with Gasteiger partial charge in [-0.05, 0) is 18.1 Å². The smallest absolute Gasteiger partial charge is 0.373 e. The van der Waals surface area contributed by atoms with E-state index in [4.69, 9.17) is 4.42 Å². The average Bonchev–Trinajstić information content (AvgIpc) is 2.75. The third-order valence-corrected chi connectivity index (χ3v) is 2.65. The molecule has 1 aromatic heterocycles. The van der Waals surface area contributed by atoms with Gasteiger partial charge < -0.3 is 9.15 Å². The first-order chi connectivity index (χ1) is 7.47. The Morgan fingerprint density at radius 3 is 2.25 bits per heavy atom. The van der Waals surface area contributed by atoms with E-state index in [1.807, 2.05) is 20.8 Å². The molecule has 0 N–H and O–H groups in total. The Hall–Kier alpha value is -1.58. The molecule has 0 radical (unpaired) electrons. The summed E-state index contributed by atoms with van der Waals surface area (Å²) in [6, 6.07) is 2.96. The van der Waals surface area contributed by atoms with Crippen LogP contribution >= 0.6 is 0 Å². The molecule has 0 saturated carbocycles. The molecule has 88 valence electrons. The highest BCUT2D eigenvalue weighted by atomic mass is 16.5. The molecule has 1 rings (SSSR count). The predicted molar refractivity (Wildman–Crippen MR) is 58.4 cm³/mol. The zero-order valence-electron chi connectivity index (χ0n) is 9.94. The van der Waals surface area contributed by atoms with Crippen LogP contribution in [0.1, 0.15) is 41.9 Å². The van der Waals surface area contributed by atoms with E-state index in [1.165, 1.54) is 19.2 Å². The number of carbonyl (C=O) groups excluding carboxylic acids is 2. The number of esters is 1. The van der Waals surface area contributed by atoms with E-state index in [0.717, 1.165) is 0 Å². The molecule has 1 aromatic rings. The Labute approximate surface area is 94.6 Å². The first kappa shape index (κ1) is 12.5. The molecule has 16 heavy (non-hydrogen) atoms. The molecule has 0 spiro atoms. The quantitative estimate of drug-likeness (QED) is 0.582. The van der Waals surface area contributed by atoms with E-state index in [-0.39, 0.29) is 29.1 Å². The number of ether oxygens (including phenoxy) is 1. The summed E-state index contributed by atoms with van der Waals surface area (Å²) < 4.78 is 9.64. The number of methoxy groups -OCH3 is 1. The van der Waals surface area contributed by atoms with Crippen molar-refractivity contribution in [1.29, 1.82) is 0 Å². The average molecular weight is 224 g/mol. The van der Waals surface area contributed by atoms with E-state index in [0.29, 0.717) is 0 Å². The highest BCUT2D eigenvalue weighted by Gasteiger charge is 2.22. The number of hydrogen-bond donors (Lipinski definition) is 0. The second kappa shape index (κ2) is 4.96. The van der Waals surface area contributed by atoms with Crippen LogP contribution in [0.3, 0.4) is 0 Å². The molecule has 4 nitrogen and oxygen atoms in total. The van der Waals surface area contributed by atoms with Gasteiger partial charge >= 0.3 is 5.97 Å². The van der Waals surface area contributed by atoms with Crippen LogP contribution in [0.4, 0.5) is 0 Å². The van der Waals surface area contributed by atoms with Gasteiger partial charge in [0.15, 0.2) is 5.76 Å². The summed E-state index contributed by atoms with van der Waals surface area (Å²) in [5, 5.41) is 0. The molecular weight excluding hydrogens is 208 g/mol. The molecule has 4 heteroatoms. The van der Waals surface area contributed by atoms with Crippen molar-refractivity contribution in [2.75, 3.05) is 7.11 Å². The molecule has 0 bridgehead atoms. The standard InChI is InChI=1S/C12H16O4/c1-7(2)8(3)11(13)9-5-6-10(16-9)12(14)15-4/h5-8H,1-4H3. The van der Waals surface area contributed by atoms with Crippen LogP contribution in [0.25, 0.3) is 0 Å². The zero-order valence-corrected chi connectivity index (χ0v) is 9.94. The van der Waals surface area contributed by atoms with Crippen molar-refractivity contribution < 1.29 is 18.7 Å². The predicted octanol–water partition coefficient (Wildman–Crippen LogP) is 2.54. The second-order valence-corrected chi connectivity index (χ2v) is 4.05. The van der Waals surface area contributed by atoms with Crippen molar-refractivity contribution >= 4 is 11.8 Å². The summed E-state index contributed by atoms with van der Waals surface area (Å²) in [5.74, 6) is -0.291. The number of hydrogen-bond acceptors (Lipinski definition) is 4. The summed E-state index contributed by atoms with van der Waals surface area (Å²) >= 11 is 0. The summed E-state index contributed by atoms with van der Waals surface area (Å²) in [4.78, 5) is 23.0. The van der Waals surface area contributed by atoms with E-state index in [1.54, 1.807) is 0 Å². The minimum atomic E-state index is -0.573. The van der Waals surface area contributed by atoms with E-state index >= 15 is 0 Å². The molecule has 0 aliphatic heterocycles. The van der Waals surface area contributed by atoms with Crippen molar-refractivity contribution in [3.05, 3.63) is 23.7 Å². The Bertz CT molecular complexity index is 389. The maximum Gasteiger partial charge on any atom is 0.373 e. The van der Waals surface area contributed by atoms with E-state index in [9.17, 15) is 9.59 Å². The molecule has 0 fully saturated rings. The lowest BCUT2D eigenvalue weighted by molar-refractivity contribution is 0.0562. The molecule has 0 amide bonds. The third kappa shape index (κ3) is 2.51. The monoisotopic (exact) mass is 224 g/mol. The zero-order chi connectivity index (χ0) is 12.3. The normalized spacial score (nSPS) is 12.6. The summed E-state index contributed by atoms with van der Waals surface area (Å²) in [6.07, 6.45) is 0. The SMILES string of the molecule is COC(=O)c1ccc(C(=O)C(C)C(C)C)o1. The van der Waals surface area contributed by atoms with Gasteiger partial charge in [0.25, 0.3) is 0 Å². The summed E-state index contributed by atoms with van der Waals surface area (Å²) in [7, 11) is 1.27. The lowest BCUT2D eigenvalue weighted by atomic mass is 9.92. The van der Waals surface area contributed by atoms with Crippen LogP contribution in [0, 0.1) is 11.8 Å². The van der Waals surface area contributed by atoms with Gasteiger partial charge in [0.1, 0.15) is 0 Å². The first-order valence-electron chi connectivity index (χ1n) is 5.19. The fourth-order valence-electron chi connectivity index (χ4n) is 1.21. The lowest BCUT2D eigenvalue weighted by Gasteiger charge is -2.11. The highest BCUT2D eigenvalue weighted by Crippen LogP contribution is 2.18. The van der Waals surface area contributed by atoms with E-state index in [2.05, 4.69) is 4.74 Å². The lowest BCUT2D eigenvalue weighted by Crippen LogP contribution is -2.16. The molecule has 1 unspecified atom stereocenters. The highest BCUT2D eigenvalue weighted by molar-refractivity contribution is 5.96. The van der Waals surface area contributed by atoms with Crippen molar-refractivity contribution in [2.45, 2.75) is 20.8 Å². The number of furan rings is 1. The molecular formula is C12H16O4. The van der Waals surface area contributed by atoms with Gasteiger partial charge in [-0.3, -0.25) is 4.79 Å². The third-order valence-electron chi connectivity index (χ3n) is 2.65. The molecule has 0 saturated heterocycles. The Balaban J connectivity index is 2.86. The molecule has 0 aromatic carbocycles. The van der Waals surface area contributed by atoms with Crippen molar-refractivity contribution in [3.8, 4) is 0 Å². The summed E-state index contributed by atoms with van der Waals surface area (Å²) in [5.41, 5.74) is 0. The molecule has 1 heterocycles. The maximum atomic E-state index is 11.9. The Kier molecular flexibility index (Phi) is 3.88. The Morgan fingerprint density at radius 1 is 1.19 bits per heavy atom. The molecule has 0 aliphatic rings. The van der Waals surface area contributed by atoms with Crippen molar-refractivity contribution in [2.24, 2.45) is 11.8 Å². The van der Waals surface area contributed by atoms with Crippen LogP contribution < -0.4 is 0 Å². The van der Waals surface area contributed by atoms with Crippen LogP contribution in [0.15, 0.2) is 16.5 Å². The first-order valence-corrected chi connectivity index (χ1v) is 5.19. The van der Waals surface area contributed by atoms with Gasteiger partial charge in [-0.1, -0.05) is 20.8 Å². The fourth-order valence-corrected chi connectivity index (χ4v) is 1.21. The fraction of sp³-hybridized carbons (Fsp3) is 0.500. The van der Waals surface area contributed by atoms with Gasteiger partial charge in [0.05, 0.1) is 7.11 Å². The number of rotatable bonds is 4. The van der Waals surface area contributed by atoms with Gasteiger partial charge in [-0.15, -0.1) is 0 Å². The number of carbonyl (C=O) groups is 2. The van der Waals surface area contributed by atoms with Crippen LogP contribution in [0.2, 0.25) is 0 Å². The van der Waals surface area contributed by atoms with Gasteiger partial charge in [-0.25, -0.2) is 4.79 Å². The largest absolute Gasteiger partial charge is 0.463 e. The van der Waals surface area contributed by atoms with Gasteiger partial charge in [-0.2, -0.15) is 0 Å². The van der Waals surface area contributed by atoms with Crippen LogP contribution in [-0.2, 0) is 4.74 Å². The van der Waals surface area contributed by atoms with E-state index < -0.39 is 5.97 Å². The van der Waals surface area contributed by atoms with Gasteiger partial charge in [0.2, 0.25) is 11.5 Å². The minimum absolute atomic E-state index is 0.0572. The second-order valence-electron chi connectivity index (χ2n) is 4.05. The van der Waals surface area contributed by atoms with Crippen molar-refractivity contribution in [1.82, 2.24) is 0 Å². The molecule has 1 atom stereocenters. The number of Topliss-reactive ketones (excluding diaryl/α,β-unsaturated/α-hetero) is 1. The number of ketones is 1. The maximum absolute atomic E-state index is 11.9. The van der Waals surface area contributed by atoms with Crippen molar-refractivity contribution in [3.63, 3.8) is 0 Å². The van der Waals surface area contributed by atoms with Crippen LogP contribution in [-0.4, -0.2) is 18.9 Å².